The molecule has 20 heavy (non-hydrogen) atoms. The van der Waals surface area contributed by atoms with Crippen LogP contribution in [-0.2, 0) is 0 Å². The molecule has 0 radical (unpaired) electrons. The van der Waals surface area contributed by atoms with Crippen LogP contribution in [0.5, 0.6) is 11.8 Å². The third-order valence-corrected chi connectivity index (χ3v) is 3.23. The highest BCUT2D eigenvalue weighted by atomic mass is 35.5. The van der Waals surface area contributed by atoms with Crippen molar-refractivity contribution in [3.8, 4) is 11.8 Å². The molecule has 0 atom stereocenters. The molecule has 104 valence electrons. The predicted octanol–water partition coefficient (Wildman–Crippen LogP) is 2.97. The summed E-state index contributed by atoms with van der Waals surface area (Å²) >= 11 is 11.8. The Balaban J connectivity index is 1.85. The Bertz CT molecular complexity index is 619. The van der Waals surface area contributed by atoms with Crippen molar-refractivity contribution >= 4 is 29.2 Å². The van der Waals surface area contributed by atoms with E-state index in [1.165, 1.54) is 12.4 Å². The van der Waals surface area contributed by atoms with Crippen LogP contribution in [0.4, 0.5) is 5.95 Å². The van der Waals surface area contributed by atoms with E-state index in [-0.39, 0.29) is 11.3 Å². The summed E-state index contributed by atoms with van der Waals surface area (Å²) in [7, 11) is 0. The van der Waals surface area contributed by atoms with Gasteiger partial charge in [0.05, 0.1) is 11.2 Å². The van der Waals surface area contributed by atoms with Gasteiger partial charge in [-0.1, -0.05) is 11.6 Å². The molecule has 3 heterocycles. The molecule has 3 rings (SSSR count). The molecule has 0 amide bonds. The molecule has 0 N–H and O–H groups in total. The van der Waals surface area contributed by atoms with E-state index in [9.17, 15) is 0 Å². The van der Waals surface area contributed by atoms with E-state index in [0.29, 0.717) is 16.7 Å². The summed E-state index contributed by atoms with van der Waals surface area (Å²) < 4.78 is 5.52. The molecule has 0 unspecified atom stereocenters. The molecule has 0 aliphatic carbocycles. The van der Waals surface area contributed by atoms with Crippen LogP contribution in [-0.4, -0.2) is 33.0 Å². The molecular formula is C12H11Cl2N5O. The van der Waals surface area contributed by atoms with E-state index in [2.05, 4.69) is 24.8 Å². The lowest BCUT2D eigenvalue weighted by molar-refractivity contribution is 0.437. The lowest BCUT2D eigenvalue weighted by Gasteiger charge is -2.15. The number of halogens is 2. The van der Waals surface area contributed by atoms with E-state index >= 15 is 0 Å². The second kappa shape index (κ2) is 5.76. The minimum absolute atomic E-state index is 0.104. The molecule has 8 heteroatoms. The van der Waals surface area contributed by atoms with E-state index in [1.54, 1.807) is 6.07 Å². The maximum absolute atomic E-state index is 5.92. The topological polar surface area (TPSA) is 64.0 Å². The third-order valence-electron chi connectivity index (χ3n) is 2.85. The quantitative estimate of drug-likeness (QED) is 0.868. The number of anilines is 1. The van der Waals surface area contributed by atoms with Crippen molar-refractivity contribution in [2.45, 2.75) is 12.8 Å². The molecule has 6 nitrogen and oxygen atoms in total. The number of hydrogen-bond acceptors (Lipinski definition) is 6. The van der Waals surface area contributed by atoms with E-state index in [0.717, 1.165) is 25.9 Å². The summed E-state index contributed by atoms with van der Waals surface area (Å²) in [6.07, 6.45) is 5.29. The summed E-state index contributed by atoms with van der Waals surface area (Å²) in [6, 6.07) is 1.76. The molecule has 2 aromatic rings. The number of hydrogen-bond donors (Lipinski definition) is 0. The summed E-state index contributed by atoms with van der Waals surface area (Å²) in [6.45, 7) is 1.83. The molecule has 2 aromatic heterocycles. The monoisotopic (exact) mass is 311 g/mol. The molecular weight excluding hydrogens is 301 g/mol. The van der Waals surface area contributed by atoms with Crippen molar-refractivity contribution in [3.05, 3.63) is 28.8 Å². The Hall–Kier alpha value is -1.66. The van der Waals surface area contributed by atoms with Gasteiger partial charge in [-0.25, -0.2) is 0 Å². The molecule has 0 spiro atoms. The second-order valence-electron chi connectivity index (χ2n) is 4.32. The van der Waals surface area contributed by atoms with E-state index in [4.69, 9.17) is 27.9 Å². The first-order valence-corrected chi connectivity index (χ1v) is 6.91. The minimum atomic E-state index is 0.104. The van der Waals surface area contributed by atoms with Gasteiger partial charge in [-0.2, -0.15) is 15.0 Å². The van der Waals surface area contributed by atoms with Crippen molar-refractivity contribution in [2.75, 3.05) is 18.0 Å². The molecule has 1 aliphatic rings. The Labute approximate surface area is 125 Å². The zero-order valence-corrected chi connectivity index (χ0v) is 12.0. The SMILES string of the molecule is Clc1cncc(Oc2nc(Cl)nc(N3CCCC3)n2)c1. The van der Waals surface area contributed by atoms with Crippen molar-refractivity contribution in [1.29, 1.82) is 0 Å². The van der Waals surface area contributed by atoms with Crippen LogP contribution in [0.25, 0.3) is 0 Å². The van der Waals surface area contributed by atoms with Crippen LogP contribution in [0.15, 0.2) is 18.5 Å². The minimum Gasteiger partial charge on any atom is -0.422 e. The van der Waals surface area contributed by atoms with Crippen LogP contribution in [0.3, 0.4) is 0 Å². The van der Waals surface area contributed by atoms with Gasteiger partial charge < -0.3 is 9.64 Å². The van der Waals surface area contributed by atoms with Crippen molar-refractivity contribution in [3.63, 3.8) is 0 Å². The van der Waals surface area contributed by atoms with Gasteiger partial charge in [0, 0.05) is 25.4 Å². The summed E-state index contributed by atoms with van der Waals surface area (Å²) in [5.74, 6) is 0.986. The molecule has 1 saturated heterocycles. The fourth-order valence-electron chi connectivity index (χ4n) is 1.98. The first kappa shape index (κ1) is 13.3. The van der Waals surface area contributed by atoms with E-state index in [1.807, 2.05) is 0 Å². The summed E-state index contributed by atoms with van der Waals surface area (Å²) in [5.41, 5.74) is 0. The molecule has 1 aliphatic heterocycles. The highest BCUT2D eigenvalue weighted by Gasteiger charge is 2.17. The zero-order chi connectivity index (χ0) is 13.9. The molecule has 0 saturated carbocycles. The number of pyridine rings is 1. The lowest BCUT2D eigenvalue weighted by Crippen LogP contribution is -2.21. The number of ether oxygens (including phenoxy) is 1. The van der Waals surface area contributed by atoms with Crippen molar-refractivity contribution in [2.24, 2.45) is 0 Å². The van der Waals surface area contributed by atoms with Gasteiger partial charge >= 0.3 is 6.01 Å². The van der Waals surface area contributed by atoms with Gasteiger partial charge in [-0.05, 0) is 24.4 Å². The van der Waals surface area contributed by atoms with Gasteiger partial charge in [0.25, 0.3) is 0 Å². The summed E-state index contributed by atoms with van der Waals surface area (Å²) in [5, 5.41) is 0.578. The van der Waals surface area contributed by atoms with Gasteiger partial charge in [-0.15, -0.1) is 0 Å². The highest BCUT2D eigenvalue weighted by Crippen LogP contribution is 2.24. The van der Waals surface area contributed by atoms with Gasteiger partial charge in [-0.3, -0.25) is 4.98 Å². The molecule has 0 bridgehead atoms. The average Bonchev–Trinajstić information content (AvgIpc) is 2.91. The maximum Gasteiger partial charge on any atom is 0.328 e. The maximum atomic E-state index is 5.92. The second-order valence-corrected chi connectivity index (χ2v) is 5.10. The smallest absolute Gasteiger partial charge is 0.328 e. The van der Waals surface area contributed by atoms with Crippen molar-refractivity contribution < 1.29 is 4.74 Å². The Morgan fingerprint density at radius 1 is 1.05 bits per heavy atom. The number of aromatic nitrogens is 4. The van der Waals surface area contributed by atoms with Crippen LogP contribution in [0, 0.1) is 0 Å². The van der Waals surface area contributed by atoms with Crippen LogP contribution in [0.1, 0.15) is 12.8 Å². The van der Waals surface area contributed by atoms with Crippen LogP contribution >= 0.6 is 23.2 Å². The van der Waals surface area contributed by atoms with Gasteiger partial charge in [0.2, 0.25) is 11.2 Å². The Morgan fingerprint density at radius 3 is 2.60 bits per heavy atom. The average molecular weight is 312 g/mol. The van der Waals surface area contributed by atoms with Gasteiger partial charge in [0.1, 0.15) is 0 Å². The fraction of sp³-hybridized carbons (Fsp3) is 0.333. The largest absolute Gasteiger partial charge is 0.422 e. The molecule has 0 aromatic carbocycles. The third kappa shape index (κ3) is 3.08. The first-order valence-electron chi connectivity index (χ1n) is 6.16. The number of nitrogens with zero attached hydrogens (tertiary/aromatic N) is 5. The zero-order valence-electron chi connectivity index (χ0n) is 10.5. The van der Waals surface area contributed by atoms with Gasteiger partial charge in [0.15, 0.2) is 5.75 Å². The molecule has 1 fully saturated rings. The van der Waals surface area contributed by atoms with Crippen LogP contribution in [0.2, 0.25) is 10.3 Å². The Morgan fingerprint density at radius 2 is 1.85 bits per heavy atom. The summed E-state index contributed by atoms with van der Waals surface area (Å²) in [4.78, 5) is 18.3. The standard InChI is InChI=1S/C12H11Cl2N5O/c13-8-5-9(7-15-6-8)20-12-17-10(14)16-11(18-12)19-3-1-2-4-19/h5-7H,1-4H2. The lowest BCUT2D eigenvalue weighted by atomic mass is 10.4. The highest BCUT2D eigenvalue weighted by molar-refractivity contribution is 6.30. The van der Waals surface area contributed by atoms with Crippen LogP contribution < -0.4 is 9.64 Å². The first-order chi connectivity index (χ1) is 9.70. The predicted molar refractivity (Wildman–Crippen MR) is 75.6 cm³/mol. The fourth-order valence-corrected chi connectivity index (χ4v) is 2.29. The normalized spacial score (nSPS) is 14.6. The van der Waals surface area contributed by atoms with Crippen molar-refractivity contribution in [1.82, 2.24) is 19.9 Å². The Kier molecular flexibility index (Phi) is 3.84. The number of rotatable bonds is 3. The van der Waals surface area contributed by atoms with E-state index < -0.39 is 0 Å².